The Hall–Kier alpha value is -2.14. The van der Waals surface area contributed by atoms with Crippen molar-refractivity contribution in [3.63, 3.8) is 0 Å². The molecule has 2 atom stereocenters. The van der Waals surface area contributed by atoms with Gasteiger partial charge in [-0.25, -0.2) is 16.8 Å². The number of hydrogen-bond acceptors (Lipinski definition) is 7. The predicted octanol–water partition coefficient (Wildman–Crippen LogP) is 7.07. The van der Waals surface area contributed by atoms with Crippen molar-refractivity contribution in [1.29, 1.82) is 0 Å². The second kappa shape index (κ2) is 15.2. The number of carbonyl (C=O) groups is 2. The molecule has 0 spiro atoms. The lowest BCUT2D eigenvalue weighted by molar-refractivity contribution is -0.143. The number of esters is 1. The highest BCUT2D eigenvalue weighted by atomic mass is 35.5. The first-order valence-electron chi connectivity index (χ1n) is 14.4. The molecule has 4 rings (SSSR count). The molecule has 2 aromatic carbocycles. The number of aliphatic carboxylic acids is 1. The average Bonchev–Trinajstić information content (AvgIpc) is 3.63. The number of rotatable bonds is 10. The molecule has 2 saturated carbocycles. The van der Waals surface area contributed by atoms with E-state index in [0.29, 0.717) is 23.8 Å². The molecule has 0 aromatic heterocycles. The molecule has 0 radical (unpaired) electrons. The smallest absolute Gasteiger partial charge is 0.313 e. The van der Waals surface area contributed by atoms with Gasteiger partial charge in [0, 0.05) is 12.5 Å². The van der Waals surface area contributed by atoms with Gasteiger partial charge < -0.3 is 9.84 Å². The normalized spacial score (nSPS) is 17.6. The van der Waals surface area contributed by atoms with Gasteiger partial charge in [-0.2, -0.15) is 0 Å². The maximum atomic E-state index is 12.1. The number of benzene rings is 2. The van der Waals surface area contributed by atoms with Crippen LogP contribution in [-0.4, -0.2) is 53.5 Å². The minimum atomic E-state index is -3.40. The number of sulfone groups is 2. The average molecular weight is 676 g/mol. The van der Waals surface area contributed by atoms with E-state index in [0.717, 1.165) is 63.0 Å². The van der Waals surface area contributed by atoms with Gasteiger partial charge in [0.1, 0.15) is 0 Å². The standard InChI is InChI=1S/C16H21ClO4S.C15H19ClO4S/c1-21-16(18)13(9-11-5-3-4-6-11)12-7-8-15(14(17)10-12)22(2,19)20;1-21(19,20)14-7-6-11(9-13(14)16)12(15(17)18)8-10-4-2-3-5-10/h7-8,10-11,13H,3-6,9H2,1-2H3;6-7,9-10,12H,2-5,8H2,1H3,(H,17,18)/t13-;12-/m11/s1. The van der Waals surface area contributed by atoms with Crippen molar-refractivity contribution < 1.29 is 36.3 Å². The van der Waals surface area contributed by atoms with Crippen LogP contribution in [0.1, 0.15) is 87.2 Å². The number of ether oxygens (including phenoxy) is 1. The SMILES string of the molecule is COC(=O)[C@H](CC1CCCC1)c1ccc(S(C)(=O)=O)c(Cl)c1.CS(=O)(=O)c1ccc([C@@H](CC2CCCC2)C(=O)O)cc1Cl. The molecular formula is C31H40Cl2O8S2. The van der Waals surface area contributed by atoms with Crippen LogP contribution in [0.5, 0.6) is 0 Å². The van der Waals surface area contributed by atoms with Crippen molar-refractivity contribution in [1.82, 2.24) is 0 Å². The van der Waals surface area contributed by atoms with Crippen molar-refractivity contribution in [3.8, 4) is 0 Å². The fourth-order valence-electron chi connectivity index (χ4n) is 6.12. The van der Waals surface area contributed by atoms with Crippen LogP contribution in [0.2, 0.25) is 10.0 Å². The minimum absolute atomic E-state index is 0.0397. The van der Waals surface area contributed by atoms with Crippen LogP contribution >= 0.6 is 23.2 Å². The van der Waals surface area contributed by atoms with Gasteiger partial charge in [-0.3, -0.25) is 9.59 Å². The number of hydrogen-bond donors (Lipinski definition) is 1. The zero-order valence-corrected chi connectivity index (χ0v) is 27.9. The maximum Gasteiger partial charge on any atom is 0.313 e. The summed E-state index contributed by atoms with van der Waals surface area (Å²) in [6.07, 6.45) is 12.6. The van der Waals surface area contributed by atoms with E-state index in [1.54, 1.807) is 18.2 Å². The summed E-state index contributed by atoms with van der Waals surface area (Å²) < 4.78 is 51.3. The van der Waals surface area contributed by atoms with Gasteiger partial charge in [0.15, 0.2) is 19.7 Å². The molecule has 2 aliphatic rings. The fourth-order valence-corrected chi connectivity index (χ4v) is 8.79. The highest BCUT2D eigenvalue weighted by molar-refractivity contribution is 7.91. The zero-order chi connectivity index (χ0) is 31.9. The lowest BCUT2D eigenvalue weighted by Crippen LogP contribution is -2.17. The summed E-state index contributed by atoms with van der Waals surface area (Å²) in [7, 11) is -5.40. The molecule has 0 heterocycles. The molecule has 8 nitrogen and oxygen atoms in total. The second-order valence-electron chi connectivity index (χ2n) is 11.7. The molecule has 2 fully saturated rings. The maximum absolute atomic E-state index is 12.1. The molecule has 0 saturated heterocycles. The molecule has 0 bridgehead atoms. The van der Waals surface area contributed by atoms with Crippen molar-refractivity contribution in [2.24, 2.45) is 11.8 Å². The molecule has 1 N–H and O–H groups in total. The summed E-state index contributed by atoms with van der Waals surface area (Å²) >= 11 is 12.1. The molecule has 238 valence electrons. The number of carboxylic acid groups (broad SMARTS) is 1. The Morgan fingerprint density at radius 2 is 1.14 bits per heavy atom. The quantitative estimate of drug-likeness (QED) is 0.265. The molecule has 2 aromatic rings. The van der Waals surface area contributed by atoms with E-state index in [4.69, 9.17) is 27.9 Å². The first kappa shape index (κ1) is 35.3. The van der Waals surface area contributed by atoms with E-state index >= 15 is 0 Å². The summed E-state index contributed by atoms with van der Waals surface area (Å²) in [6, 6.07) is 9.16. The van der Waals surface area contributed by atoms with E-state index in [1.165, 1.54) is 38.2 Å². The van der Waals surface area contributed by atoms with Gasteiger partial charge in [0.25, 0.3) is 0 Å². The topological polar surface area (TPSA) is 132 Å². The summed E-state index contributed by atoms with van der Waals surface area (Å²) in [4.78, 5) is 23.8. The molecule has 0 unspecified atom stereocenters. The molecule has 43 heavy (non-hydrogen) atoms. The van der Waals surface area contributed by atoms with Crippen LogP contribution in [0.15, 0.2) is 46.2 Å². The molecule has 12 heteroatoms. The Balaban J connectivity index is 0.000000236. The number of carboxylic acids is 1. The van der Waals surface area contributed by atoms with E-state index in [1.807, 2.05) is 0 Å². The third kappa shape index (κ3) is 9.93. The minimum Gasteiger partial charge on any atom is -0.481 e. The van der Waals surface area contributed by atoms with Crippen LogP contribution in [0.25, 0.3) is 0 Å². The zero-order valence-electron chi connectivity index (χ0n) is 24.7. The second-order valence-corrected chi connectivity index (χ2v) is 16.4. The van der Waals surface area contributed by atoms with E-state index < -0.39 is 31.6 Å². The van der Waals surface area contributed by atoms with Crippen LogP contribution in [0.3, 0.4) is 0 Å². The van der Waals surface area contributed by atoms with Gasteiger partial charge in [-0.15, -0.1) is 0 Å². The van der Waals surface area contributed by atoms with Crippen LogP contribution in [0, 0.1) is 11.8 Å². The van der Waals surface area contributed by atoms with Crippen molar-refractivity contribution in [2.75, 3.05) is 19.6 Å². The summed E-state index contributed by atoms with van der Waals surface area (Å²) in [5, 5.41) is 9.69. The van der Waals surface area contributed by atoms with E-state index in [9.17, 15) is 31.5 Å². The Labute approximate surface area is 265 Å². The third-order valence-electron chi connectivity index (χ3n) is 8.39. The van der Waals surface area contributed by atoms with E-state index in [2.05, 4.69) is 0 Å². The molecular weight excluding hydrogens is 635 g/mol. The Bertz CT molecular complexity index is 1510. The lowest BCUT2D eigenvalue weighted by atomic mass is 9.88. The van der Waals surface area contributed by atoms with Gasteiger partial charge >= 0.3 is 11.9 Å². The van der Waals surface area contributed by atoms with Crippen LogP contribution in [0.4, 0.5) is 0 Å². The van der Waals surface area contributed by atoms with Gasteiger partial charge in [-0.1, -0.05) is 86.7 Å². The van der Waals surface area contributed by atoms with Crippen molar-refractivity contribution in [3.05, 3.63) is 57.6 Å². The Kier molecular flexibility index (Phi) is 12.5. The first-order valence-corrected chi connectivity index (χ1v) is 18.9. The fraction of sp³-hybridized carbons (Fsp3) is 0.548. The molecule has 0 aliphatic heterocycles. The highest BCUT2D eigenvalue weighted by Gasteiger charge is 2.29. The Morgan fingerprint density at radius 1 is 0.767 bits per heavy atom. The summed E-state index contributed by atoms with van der Waals surface area (Å²) in [6.45, 7) is 0. The van der Waals surface area contributed by atoms with Crippen LogP contribution in [-0.2, 0) is 34.0 Å². The molecule has 2 aliphatic carbocycles. The van der Waals surface area contributed by atoms with Gasteiger partial charge in [0.2, 0.25) is 0 Å². The lowest BCUT2D eigenvalue weighted by Gasteiger charge is -2.19. The molecule has 0 amide bonds. The van der Waals surface area contributed by atoms with Crippen molar-refractivity contribution in [2.45, 2.75) is 85.8 Å². The number of halogens is 2. The largest absolute Gasteiger partial charge is 0.481 e. The van der Waals surface area contributed by atoms with Crippen LogP contribution < -0.4 is 0 Å². The van der Waals surface area contributed by atoms with E-state index in [-0.39, 0.29) is 31.7 Å². The summed E-state index contributed by atoms with van der Waals surface area (Å²) in [5.41, 5.74) is 1.29. The Morgan fingerprint density at radius 3 is 1.47 bits per heavy atom. The van der Waals surface area contributed by atoms with Crippen molar-refractivity contribution >= 4 is 54.8 Å². The van der Waals surface area contributed by atoms with Gasteiger partial charge in [-0.05, 0) is 60.1 Å². The number of methoxy groups -OCH3 is 1. The highest BCUT2D eigenvalue weighted by Crippen LogP contribution is 2.37. The monoisotopic (exact) mass is 674 g/mol. The predicted molar refractivity (Wildman–Crippen MR) is 167 cm³/mol. The third-order valence-corrected chi connectivity index (χ3v) is 11.5. The summed E-state index contributed by atoms with van der Waals surface area (Å²) in [5.74, 6) is -1.25. The number of carbonyl (C=O) groups excluding carboxylic acids is 1. The first-order chi connectivity index (χ1) is 20.1. The van der Waals surface area contributed by atoms with Gasteiger partial charge in [0.05, 0.1) is 38.8 Å².